The van der Waals surface area contributed by atoms with Gasteiger partial charge < -0.3 is 10.6 Å². The molecule has 3 heteroatoms. The van der Waals surface area contributed by atoms with Crippen LogP contribution in [0.1, 0.15) is 23.7 Å². The van der Waals surface area contributed by atoms with Gasteiger partial charge in [0.1, 0.15) is 0 Å². The molecule has 0 aliphatic carbocycles. The molecule has 0 aliphatic rings. The number of rotatable bonds is 3. The fourth-order valence-electron chi connectivity index (χ4n) is 0.930. The number of carbonyl (C=O) groups excluding carboxylic acids is 1. The van der Waals surface area contributed by atoms with Crippen molar-refractivity contribution in [3.05, 3.63) is 35.9 Å². The molecular weight excluding hydrogens is 188 g/mol. The Kier molecular flexibility index (Phi) is 8.39. The minimum atomic E-state index is 0.0115. The van der Waals surface area contributed by atoms with E-state index in [0.717, 1.165) is 18.5 Å². The molecule has 0 aromatic heterocycles. The first kappa shape index (κ1) is 13.7. The lowest BCUT2D eigenvalue weighted by atomic mass is 10.2. The summed E-state index contributed by atoms with van der Waals surface area (Å²) in [6, 6.07) is 9.24. The van der Waals surface area contributed by atoms with Gasteiger partial charge in [-0.15, -0.1) is 0 Å². The zero-order valence-electron chi connectivity index (χ0n) is 9.71. The second kappa shape index (κ2) is 9.21. The molecule has 0 unspecified atom stereocenters. The smallest absolute Gasteiger partial charge is 0.251 e. The van der Waals surface area contributed by atoms with Gasteiger partial charge in [0.2, 0.25) is 0 Å². The fraction of sp³-hybridized carbons (Fsp3) is 0.417. The van der Waals surface area contributed by atoms with Crippen LogP contribution in [0.25, 0.3) is 0 Å². The molecule has 0 aliphatic heterocycles. The quantitative estimate of drug-likeness (QED) is 0.793. The second-order valence-electron chi connectivity index (χ2n) is 3.12. The summed E-state index contributed by atoms with van der Waals surface area (Å²) in [5, 5.41) is 5.56. The lowest BCUT2D eigenvalue weighted by Crippen LogP contribution is -2.23. The highest BCUT2D eigenvalue weighted by atomic mass is 16.1. The van der Waals surface area contributed by atoms with E-state index < -0.39 is 0 Å². The predicted molar refractivity (Wildman–Crippen MR) is 64.0 cm³/mol. The van der Waals surface area contributed by atoms with Crippen molar-refractivity contribution < 1.29 is 4.79 Å². The molecule has 0 fully saturated rings. The number of nitrogens with one attached hydrogen (secondary N) is 2. The van der Waals surface area contributed by atoms with Gasteiger partial charge >= 0.3 is 0 Å². The third kappa shape index (κ3) is 6.69. The highest BCUT2D eigenvalue weighted by molar-refractivity contribution is 5.94. The van der Waals surface area contributed by atoms with Gasteiger partial charge in [0.25, 0.3) is 5.91 Å². The molecule has 0 heterocycles. The van der Waals surface area contributed by atoms with Gasteiger partial charge in [0, 0.05) is 12.1 Å². The Morgan fingerprint density at radius 3 is 2.20 bits per heavy atom. The molecule has 1 rings (SSSR count). The van der Waals surface area contributed by atoms with Crippen molar-refractivity contribution in [1.29, 1.82) is 0 Å². The van der Waals surface area contributed by atoms with Gasteiger partial charge in [0.05, 0.1) is 0 Å². The van der Waals surface area contributed by atoms with E-state index in [1.165, 1.54) is 0 Å². The molecule has 1 aromatic carbocycles. The van der Waals surface area contributed by atoms with Gasteiger partial charge in [-0.2, -0.15) is 0 Å². The molecular formula is C12H20N2O. The summed E-state index contributed by atoms with van der Waals surface area (Å²) in [6.07, 6.45) is 0.971. The number of hydrogen-bond acceptors (Lipinski definition) is 2. The number of carbonyl (C=O) groups is 1. The van der Waals surface area contributed by atoms with E-state index in [1.807, 2.05) is 51.4 Å². The molecule has 0 radical (unpaired) electrons. The number of benzene rings is 1. The lowest BCUT2D eigenvalue weighted by molar-refractivity contribution is 0.0953. The van der Waals surface area contributed by atoms with E-state index >= 15 is 0 Å². The minimum Gasteiger partial charge on any atom is -0.352 e. The van der Waals surface area contributed by atoms with Gasteiger partial charge in [-0.3, -0.25) is 4.79 Å². The summed E-state index contributed by atoms with van der Waals surface area (Å²) in [6.45, 7) is 2.78. The largest absolute Gasteiger partial charge is 0.352 e. The maximum Gasteiger partial charge on any atom is 0.251 e. The first-order chi connectivity index (χ1) is 7.26. The molecule has 0 saturated heterocycles. The SMILES string of the molecule is CCCNC(=O)c1ccccc1.CNC. The highest BCUT2D eigenvalue weighted by Gasteiger charge is 2.00. The van der Waals surface area contributed by atoms with Crippen molar-refractivity contribution in [1.82, 2.24) is 10.6 Å². The molecule has 15 heavy (non-hydrogen) atoms. The molecule has 84 valence electrons. The Labute approximate surface area is 91.9 Å². The van der Waals surface area contributed by atoms with Crippen molar-refractivity contribution in [2.75, 3.05) is 20.6 Å². The van der Waals surface area contributed by atoms with Crippen LogP contribution in [0.15, 0.2) is 30.3 Å². The zero-order valence-corrected chi connectivity index (χ0v) is 9.71. The summed E-state index contributed by atoms with van der Waals surface area (Å²) < 4.78 is 0. The topological polar surface area (TPSA) is 41.1 Å². The molecule has 0 spiro atoms. The van der Waals surface area contributed by atoms with Gasteiger partial charge in [0.15, 0.2) is 0 Å². The first-order valence-electron chi connectivity index (χ1n) is 5.18. The van der Waals surface area contributed by atoms with Crippen LogP contribution in [-0.4, -0.2) is 26.5 Å². The molecule has 0 bridgehead atoms. The van der Waals surface area contributed by atoms with Crippen LogP contribution < -0.4 is 10.6 Å². The summed E-state index contributed by atoms with van der Waals surface area (Å²) in [4.78, 5) is 11.3. The van der Waals surface area contributed by atoms with Gasteiger partial charge in [-0.25, -0.2) is 0 Å². The van der Waals surface area contributed by atoms with E-state index in [-0.39, 0.29) is 5.91 Å². The lowest BCUT2D eigenvalue weighted by Gasteiger charge is -2.01. The van der Waals surface area contributed by atoms with E-state index in [2.05, 4.69) is 10.6 Å². The Hall–Kier alpha value is -1.35. The van der Waals surface area contributed by atoms with Crippen molar-refractivity contribution in [2.24, 2.45) is 0 Å². The highest BCUT2D eigenvalue weighted by Crippen LogP contribution is 1.97. The standard InChI is InChI=1S/C10H13NO.C2H7N/c1-2-8-11-10(12)9-6-4-3-5-7-9;1-3-2/h3-7H,2,8H2,1H3,(H,11,12);3H,1-2H3. The van der Waals surface area contributed by atoms with Crippen LogP contribution >= 0.6 is 0 Å². The Morgan fingerprint density at radius 1 is 1.20 bits per heavy atom. The van der Waals surface area contributed by atoms with E-state index in [1.54, 1.807) is 0 Å². The molecule has 3 nitrogen and oxygen atoms in total. The van der Waals surface area contributed by atoms with Crippen LogP contribution in [0.3, 0.4) is 0 Å². The summed E-state index contributed by atoms with van der Waals surface area (Å²) in [5.41, 5.74) is 0.728. The Morgan fingerprint density at radius 2 is 1.73 bits per heavy atom. The van der Waals surface area contributed by atoms with E-state index in [4.69, 9.17) is 0 Å². The maximum atomic E-state index is 11.3. The Bertz CT molecular complexity index is 260. The van der Waals surface area contributed by atoms with E-state index in [9.17, 15) is 4.79 Å². The summed E-state index contributed by atoms with van der Waals surface area (Å²) in [7, 11) is 3.75. The van der Waals surface area contributed by atoms with Crippen LogP contribution in [-0.2, 0) is 0 Å². The van der Waals surface area contributed by atoms with Gasteiger partial charge in [-0.05, 0) is 32.6 Å². The zero-order chi connectivity index (χ0) is 11.5. The van der Waals surface area contributed by atoms with Crippen molar-refractivity contribution in [3.8, 4) is 0 Å². The Balaban J connectivity index is 0.000000583. The average molecular weight is 208 g/mol. The first-order valence-corrected chi connectivity index (χ1v) is 5.18. The maximum absolute atomic E-state index is 11.3. The monoisotopic (exact) mass is 208 g/mol. The third-order valence-electron chi connectivity index (χ3n) is 1.57. The molecule has 1 amide bonds. The van der Waals surface area contributed by atoms with Crippen LogP contribution in [0, 0.1) is 0 Å². The summed E-state index contributed by atoms with van der Waals surface area (Å²) >= 11 is 0. The van der Waals surface area contributed by atoms with Crippen LogP contribution in [0.4, 0.5) is 0 Å². The number of amides is 1. The molecule has 0 atom stereocenters. The van der Waals surface area contributed by atoms with E-state index in [0.29, 0.717) is 0 Å². The van der Waals surface area contributed by atoms with Crippen molar-refractivity contribution in [3.63, 3.8) is 0 Å². The molecule has 2 N–H and O–H groups in total. The third-order valence-corrected chi connectivity index (χ3v) is 1.57. The molecule has 1 aromatic rings. The normalized spacial score (nSPS) is 8.73. The average Bonchev–Trinajstić information content (AvgIpc) is 2.28. The fourth-order valence-corrected chi connectivity index (χ4v) is 0.930. The molecule has 0 saturated carbocycles. The van der Waals surface area contributed by atoms with Crippen LogP contribution in [0.2, 0.25) is 0 Å². The van der Waals surface area contributed by atoms with Gasteiger partial charge in [-0.1, -0.05) is 25.1 Å². The summed E-state index contributed by atoms with van der Waals surface area (Å²) in [5.74, 6) is 0.0115. The van der Waals surface area contributed by atoms with Crippen molar-refractivity contribution in [2.45, 2.75) is 13.3 Å². The minimum absolute atomic E-state index is 0.0115. The predicted octanol–water partition coefficient (Wildman–Crippen LogP) is 1.66. The van der Waals surface area contributed by atoms with Crippen LogP contribution in [0.5, 0.6) is 0 Å². The van der Waals surface area contributed by atoms with Crippen molar-refractivity contribution >= 4 is 5.91 Å². The number of hydrogen-bond donors (Lipinski definition) is 2. The second-order valence-corrected chi connectivity index (χ2v) is 3.12.